The van der Waals surface area contributed by atoms with Crippen LogP contribution in [-0.4, -0.2) is 65.0 Å². The lowest BCUT2D eigenvalue weighted by atomic mass is 9.70. The molecule has 2 aliphatic heterocycles. The van der Waals surface area contributed by atoms with Crippen LogP contribution in [-0.2, 0) is 34.7 Å². The smallest absolute Gasteiger partial charge is 0.286 e. The van der Waals surface area contributed by atoms with E-state index in [9.17, 15) is 13.8 Å². The summed E-state index contributed by atoms with van der Waals surface area (Å²) in [6, 6.07) is 11.4. The highest BCUT2D eigenvalue weighted by molar-refractivity contribution is 7.92. The lowest BCUT2D eigenvalue weighted by Crippen LogP contribution is -2.43. The molecule has 3 heterocycles. The van der Waals surface area contributed by atoms with Gasteiger partial charge in [0.05, 0.1) is 24.2 Å². The van der Waals surface area contributed by atoms with Gasteiger partial charge < -0.3 is 19.7 Å². The first-order chi connectivity index (χ1) is 24.1. The molecule has 2 bridgehead atoms. The third-order valence-corrected chi connectivity index (χ3v) is 12.2. The van der Waals surface area contributed by atoms with Gasteiger partial charge in [-0.15, -0.1) is 4.36 Å². The number of aromatic nitrogens is 2. The number of allylic oxidation sites excluding steroid dienone is 1. The van der Waals surface area contributed by atoms with E-state index in [1.54, 1.807) is 33.3 Å². The minimum atomic E-state index is -3.57. The Kier molecular flexibility index (Phi) is 11.2. The number of amides is 2. The van der Waals surface area contributed by atoms with Gasteiger partial charge >= 0.3 is 0 Å². The zero-order valence-corrected chi connectivity index (χ0v) is 30.8. The Hall–Kier alpha value is -3.87. The van der Waals surface area contributed by atoms with E-state index in [0.29, 0.717) is 48.0 Å². The van der Waals surface area contributed by atoms with Crippen LogP contribution in [0, 0.1) is 17.8 Å². The molecule has 13 heteroatoms. The van der Waals surface area contributed by atoms with Gasteiger partial charge in [0.1, 0.15) is 21.2 Å². The molecule has 6 rings (SSSR count). The first-order valence-electron chi connectivity index (χ1n) is 17.4. The largest absolute Gasteiger partial charge is 0.491 e. The maximum Gasteiger partial charge on any atom is 0.286 e. The minimum absolute atomic E-state index is 0.0206. The number of nitrogens with one attached hydrogen (secondary N) is 2. The second kappa shape index (κ2) is 15.6. The summed E-state index contributed by atoms with van der Waals surface area (Å²) in [4.78, 5) is 29.8. The number of anilines is 2. The molecule has 5 atom stereocenters. The monoisotopic (exact) mass is 722 g/mol. The highest BCUT2D eigenvalue weighted by Crippen LogP contribution is 2.42. The number of ether oxygens (including phenoxy) is 2. The van der Waals surface area contributed by atoms with E-state index in [1.807, 2.05) is 19.1 Å². The Balaban J connectivity index is 1.45. The molecule has 11 nitrogen and oxygen atoms in total. The van der Waals surface area contributed by atoms with E-state index in [1.165, 1.54) is 22.0 Å². The molecule has 50 heavy (non-hydrogen) atoms. The maximum absolute atomic E-state index is 14.6. The van der Waals surface area contributed by atoms with Crippen molar-refractivity contribution >= 4 is 44.8 Å². The van der Waals surface area contributed by atoms with Crippen molar-refractivity contribution in [2.75, 3.05) is 43.3 Å². The summed E-state index contributed by atoms with van der Waals surface area (Å²) in [5, 5.41) is 7.86. The molecule has 3 aromatic rings. The SMILES string of the molecule is CNc1nn(C)cc1C(=O)NS1(=O)=NC(=O)c2ccc3c(c2)N(Cc2ccc(Cl)cc2CCCCO3)C[C@@H]2CC[C@H]2[C@@H](OC)/C=C/C[C@H](C)C1. The first kappa shape index (κ1) is 35.9. The molecule has 2 amide bonds. The summed E-state index contributed by atoms with van der Waals surface area (Å²) in [6.07, 6.45) is 11.0. The standard InChI is InChI=1S/C37H47ClN6O5S/c1-24-8-7-10-33(48-4)30-15-12-28(30)21-44-20-27-11-14-29(38)18-25(27)9-5-6-17-49-34-16-13-26(19-32(34)44)36(45)41-50(47,23-24)42-37(46)31-22-43(3)40-35(31)39-2/h7,10-11,13-14,16,18-19,22,24,28,30,33H,5-6,8-9,12,15,17,20-21,23H2,1-4H3,(H,39,40)(H,41,42,45,46,47)/b10-7+/t24-,28-,30+,33-,50?/m0/s1. The topological polar surface area (TPSA) is 127 Å². The third kappa shape index (κ3) is 8.19. The molecular weight excluding hydrogens is 676 g/mol. The predicted octanol–water partition coefficient (Wildman–Crippen LogP) is 6.43. The van der Waals surface area contributed by atoms with Crippen molar-refractivity contribution in [2.24, 2.45) is 29.2 Å². The number of carbonyl (C=O) groups excluding carboxylic acids is 2. The summed E-state index contributed by atoms with van der Waals surface area (Å²) in [6.45, 7) is 3.79. The fourth-order valence-electron chi connectivity index (χ4n) is 7.21. The predicted molar refractivity (Wildman–Crippen MR) is 197 cm³/mol. The van der Waals surface area contributed by atoms with Gasteiger partial charge in [0.2, 0.25) is 0 Å². The summed E-state index contributed by atoms with van der Waals surface area (Å²) in [5.74, 6) is 0.197. The Bertz CT molecular complexity index is 1890. The van der Waals surface area contributed by atoms with Crippen LogP contribution in [0.25, 0.3) is 0 Å². The van der Waals surface area contributed by atoms with Gasteiger partial charge in [-0.2, -0.15) is 5.10 Å². The molecule has 1 saturated carbocycles. The van der Waals surface area contributed by atoms with Crippen molar-refractivity contribution in [1.29, 1.82) is 0 Å². The van der Waals surface area contributed by atoms with Crippen LogP contribution in [0.1, 0.15) is 70.9 Å². The van der Waals surface area contributed by atoms with Crippen LogP contribution < -0.4 is 19.7 Å². The van der Waals surface area contributed by atoms with Gasteiger partial charge in [-0.25, -0.2) is 4.21 Å². The Morgan fingerprint density at radius 2 is 1.98 bits per heavy atom. The van der Waals surface area contributed by atoms with Crippen LogP contribution in [0.2, 0.25) is 5.02 Å². The summed E-state index contributed by atoms with van der Waals surface area (Å²) >= 11 is 6.46. The van der Waals surface area contributed by atoms with Gasteiger partial charge in [-0.3, -0.25) is 19.0 Å². The summed E-state index contributed by atoms with van der Waals surface area (Å²) in [5.41, 5.74) is 3.62. The number of fused-ring (bicyclic) bond motifs is 3. The van der Waals surface area contributed by atoms with Crippen LogP contribution in [0.3, 0.4) is 0 Å². The van der Waals surface area contributed by atoms with Gasteiger partial charge in [0.25, 0.3) is 11.8 Å². The van der Waals surface area contributed by atoms with E-state index in [4.69, 9.17) is 21.1 Å². The molecule has 3 aliphatic rings. The van der Waals surface area contributed by atoms with Gasteiger partial charge in [-0.05, 0) is 97.7 Å². The molecule has 0 saturated heterocycles. The molecule has 1 aliphatic carbocycles. The van der Waals surface area contributed by atoms with Gasteiger partial charge in [-0.1, -0.05) is 36.7 Å². The lowest BCUT2D eigenvalue weighted by molar-refractivity contribution is 0.0133. The number of methoxy groups -OCH3 is 1. The lowest BCUT2D eigenvalue weighted by Gasteiger charge is -2.43. The maximum atomic E-state index is 14.6. The Labute approximate surface area is 300 Å². The zero-order valence-electron chi connectivity index (χ0n) is 29.2. The molecule has 2 aromatic carbocycles. The van der Waals surface area contributed by atoms with Crippen LogP contribution in [0.5, 0.6) is 5.75 Å². The summed E-state index contributed by atoms with van der Waals surface area (Å²) in [7, 11) is 1.52. The number of nitrogens with zero attached hydrogens (tertiary/aromatic N) is 4. The van der Waals surface area contributed by atoms with E-state index in [2.05, 4.69) is 48.7 Å². The number of hydrogen-bond acceptors (Lipinski definition) is 8. The highest BCUT2D eigenvalue weighted by Gasteiger charge is 2.38. The Morgan fingerprint density at radius 1 is 1.14 bits per heavy atom. The summed E-state index contributed by atoms with van der Waals surface area (Å²) < 4.78 is 35.4. The second-order valence-electron chi connectivity index (χ2n) is 13.7. The highest BCUT2D eigenvalue weighted by atomic mass is 35.5. The molecule has 1 fully saturated rings. The van der Waals surface area contributed by atoms with Crippen molar-refractivity contribution in [2.45, 2.75) is 58.1 Å². The van der Waals surface area contributed by atoms with Gasteiger partial charge in [0.15, 0.2) is 5.82 Å². The molecule has 2 N–H and O–H groups in total. The zero-order chi connectivity index (χ0) is 35.4. The molecule has 268 valence electrons. The van der Waals surface area contributed by atoms with Crippen molar-refractivity contribution < 1.29 is 23.3 Å². The second-order valence-corrected chi connectivity index (χ2v) is 16.1. The number of hydrogen-bond donors (Lipinski definition) is 2. The van der Waals surface area contributed by atoms with E-state index < -0.39 is 21.7 Å². The molecule has 0 radical (unpaired) electrons. The van der Waals surface area contributed by atoms with Crippen molar-refractivity contribution in [1.82, 2.24) is 14.5 Å². The number of benzene rings is 2. The Morgan fingerprint density at radius 3 is 2.74 bits per heavy atom. The molecule has 0 spiro atoms. The third-order valence-electron chi connectivity index (χ3n) is 9.97. The van der Waals surface area contributed by atoms with Crippen molar-refractivity contribution in [3.63, 3.8) is 0 Å². The molecular formula is C37H47ClN6O5S. The molecule has 1 unspecified atom stereocenters. The average Bonchev–Trinajstić information content (AvgIpc) is 3.45. The quantitative estimate of drug-likeness (QED) is 0.295. The van der Waals surface area contributed by atoms with Crippen molar-refractivity contribution in [3.8, 4) is 5.75 Å². The van der Waals surface area contributed by atoms with Crippen molar-refractivity contribution in [3.05, 3.63) is 82.0 Å². The average molecular weight is 723 g/mol. The van der Waals surface area contributed by atoms with Gasteiger partial charge in [0, 0.05) is 51.1 Å². The number of rotatable bonds is 4. The fraction of sp³-hybridized carbons (Fsp3) is 0.486. The number of carbonyl (C=O) groups is 2. The van der Waals surface area contributed by atoms with E-state index >= 15 is 0 Å². The molecule has 1 aromatic heterocycles. The number of aryl methyl sites for hydroxylation is 2. The van der Waals surface area contributed by atoms with E-state index in [0.717, 1.165) is 44.3 Å². The number of halogens is 1. The first-order valence-corrected chi connectivity index (χ1v) is 19.4. The normalized spacial score (nSPS) is 26.5. The van der Waals surface area contributed by atoms with E-state index in [-0.39, 0.29) is 28.9 Å². The fourth-order valence-corrected chi connectivity index (χ4v) is 9.29. The van der Waals surface area contributed by atoms with Crippen LogP contribution in [0.4, 0.5) is 11.5 Å². The van der Waals surface area contributed by atoms with Crippen LogP contribution in [0.15, 0.2) is 59.1 Å². The minimum Gasteiger partial charge on any atom is -0.491 e. The van der Waals surface area contributed by atoms with Crippen LogP contribution >= 0.6 is 11.6 Å².